The average molecular weight is 277 g/mol. The Morgan fingerprint density at radius 3 is 2.70 bits per heavy atom. The second kappa shape index (κ2) is 6.42. The topological polar surface area (TPSA) is 86.0 Å². The van der Waals surface area contributed by atoms with E-state index < -0.39 is 0 Å². The molecule has 1 N–H and O–H groups in total. The molecule has 0 aliphatic carbocycles. The Kier molecular flexibility index (Phi) is 4.62. The second-order valence-corrected chi connectivity index (χ2v) is 4.51. The van der Waals surface area contributed by atoms with E-state index >= 15 is 0 Å². The molecule has 2 aromatic heterocycles. The predicted molar refractivity (Wildman–Crippen MR) is 73.4 cm³/mol. The molecule has 20 heavy (non-hydrogen) atoms. The van der Waals surface area contributed by atoms with E-state index in [0.29, 0.717) is 29.3 Å². The van der Waals surface area contributed by atoms with E-state index in [1.54, 1.807) is 19.2 Å². The zero-order chi connectivity index (χ0) is 14.5. The van der Waals surface area contributed by atoms with Gasteiger partial charge in [0.1, 0.15) is 5.69 Å². The zero-order valence-corrected chi connectivity index (χ0v) is 12.1. The highest BCUT2D eigenvalue weighted by molar-refractivity contribution is 5.47. The van der Waals surface area contributed by atoms with Crippen molar-refractivity contribution >= 4 is 0 Å². The molecule has 2 unspecified atom stereocenters. The summed E-state index contributed by atoms with van der Waals surface area (Å²) >= 11 is 0. The van der Waals surface area contributed by atoms with E-state index in [0.717, 1.165) is 6.42 Å². The van der Waals surface area contributed by atoms with Crippen molar-refractivity contribution in [2.75, 3.05) is 14.2 Å². The van der Waals surface area contributed by atoms with Crippen LogP contribution in [0.3, 0.4) is 0 Å². The van der Waals surface area contributed by atoms with Crippen molar-refractivity contribution in [3.05, 3.63) is 18.0 Å². The Hall–Kier alpha value is -2.02. The molecule has 108 valence electrons. The van der Waals surface area contributed by atoms with E-state index in [1.165, 1.54) is 0 Å². The minimum absolute atomic E-state index is 0.137. The van der Waals surface area contributed by atoms with Crippen LogP contribution in [0.1, 0.15) is 32.1 Å². The van der Waals surface area contributed by atoms with Gasteiger partial charge < -0.3 is 14.6 Å². The maximum absolute atomic E-state index is 5.32. The SMILES string of the molecule is CCC(NC)C(C)c1nc(-c2ccc(OC)nn2)no1. The number of hydrogen-bond donors (Lipinski definition) is 1. The summed E-state index contributed by atoms with van der Waals surface area (Å²) in [6, 6.07) is 3.76. The molecule has 0 bridgehead atoms. The van der Waals surface area contributed by atoms with Crippen LogP contribution in [0.15, 0.2) is 16.7 Å². The van der Waals surface area contributed by atoms with Crippen molar-refractivity contribution in [2.45, 2.75) is 32.2 Å². The zero-order valence-electron chi connectivity index (χ0n) is 12.1. The van der Waals surface area contributed by atoms with Gasteiger partial charge >= 0.3 is 0 Å². The number of rotatable bonds is 6. The van der Waals surface area contributed by atoms with Crippen molar-refractivity contribution in [1.82, 2.24) is 25.7 Å². The Labute approximate surface area is 117 Å². The lowest BCUT2D eigenvalue weighted by Gasteiger charge is -2.18. The lowest BCUT2D eigenvalue weighted by Crippen LogP contribution is -2.30. The van der Waals surface area contributed by atoms with Crippen LogP contribution in [0.25, 0.3) is 11.5 Å². The summed E-state index contributed by atoms with van der Waals surface area (Å²) in [5.41, 5.74) is 0.561. The molecule has 0 aliphatic rings. The molecule has 0 aliphatic heterocycles. The fourth-order valence-corrected chi connectivity index (χ4v) is 2.05. The fourth-order valence-electron chi connectivity index (χ4n) is 2.05. The smallest absolute Gasteiger partial charge is 0.233 e. The maximum Gasteiger partial charge on any atom is 0.233 e. The molecule has 0 amide bonds. The molecule has 0 spiro atoms. The van der Waals surface area contributed by atoms with Gasteiger partial charge in [0.15, 0.2) is 0 Å². The van der Waals surface area contributed by atoms with Gasteiger partial charge in [-0.2, -0.15) is 4.98 Å². The molecule has 0 saturated heterocycles. The minimum Gasteiger partial charge on any atom is -0.480 e. The standard InChI is InChI=1S/C13H19N5O2/c1-5-9(14-3)8(2)13-15-12(18-20-13)10-6-7-11(19-4)17-16-10/h6-9,14H,5H2,1-4H3. The molecule has 2 atom stereocenters. The van der Waals surface area contributed by atoms with Gasteiger partial charge in [-0.1, -0.05) is 19.0 Å². The molecule has 7 nitrogen and oxygen atoms in total. The first-order valence-corrected chi connectivity index (χ1v) is 6.58. The minimum atomic E-state index is 0.137. The van der Waals surface area contributed by atoms with Gasteiger partial charge in [-0.3, -0.25) is 0 Å². The molecule has 2 aromatic rings. The van der Waals surface area contributed by atoms with Gasteiger partial charge in [0, 0.05) is 12.1 Å². The number of hydrogen-bond acceptors (Lipinski definition) is 7. The van der Waals surface area contributed by atoms with Crippen LogP contribution in [0.2, 0.25) is 0 Å². The molecule has 2 heterocycles. The second-order valence-electron chi connectivity index (χ2n) is 4.51. The summed E-state index contributed by atoms with van der Waals surface area (Å²) in [7, 11) is 3.47. The highest BCUT2D eigenvalue weighted by Gasteiger charge is 2.22. The van der Waals surface area contributed by atoms with Crippen molar-refractivity contribution in [3.63, 3.8) is 0 Å². The van der Waals surface area contributed by atoms with Gasteiger partial charge in [-0.15, -0.1) is 10.2 Å². The van der Waals surface area contributed by atoms with Crippen molar-refractivity contribution in [2.24, 2.45) is 0 Å². The third kappa shape index (κ3) is 2.93. The number of aromatic nitrogens is 4. The van der Waals surface area contributed by atoms with Crippen LogP contribution >= 0.6 is 0 Å². The average Bonchev–Trinajstić information content (AvgIpc) is 2.98. The van der Waals surface area contributed by atoms with Gasteiger partial charge in [-0.25, -0.2) is 0 Å². The van der Waals surface area contributed by atoms with Crippen molar-refractivity contribution in [1.29, 1.82) is 0 Å². The van der Waals surface area contributed by atoms with Gasteiger partial charge in [-0.05, 0) is 19.5 Å². The Morgan fingerprint density at radius 1 is 1.35 bits per heavy atom. The van der Waals surface area contributed by atoms with Crippen molar-refractivity contribution < 1.29 is 9.26 Å². The molecule has 0 aromatic carbocycles. The molecular formula is C13H19N5O2. The highest BCUT2D eigenvalue weighted by Crippen LogP contribution is 2.22. The first-order chi connectivity index (χ1) is 9.69. The first kappa shape index (κ1) is 14.4. The summed E-state index contributed by atoms with van der Waals surface area (Å²) in [6.07, 6.45) is 0.984. The number of methoxy groups -OCH3 is 1. The molecule has 0 fully saturated rings. The molecular weight excluding hydrogens is 258 g/mol. The number of likely N-dealkylation sites (N-methyl/N-ethyl adjacent to an activating group) is 1. The number of nitrogens with zero attached hydrogens (tertiary/aromatic N) is 4. The quantitative estimate of drug-likeness (QED) is 0.858. The monoisotopic (exact) mass is 277 g/mol. The Balaban J connectivity index is 2.19. The van der Waals surface area contributed by atoms with E-state index in [4.69, 9.17) is 9.26 Å². The number of nitrogens with one attached hydrogen (secondary N) is 1. The van der Waals surface area contributed by atoms with Crippen molar-refractivity contribution in [3.8, 4) is 17.4 Å². The van der Waals surface area contributed by atoms with E-state index in [1.807, 2.05) is 7.05 Å². The Bertz CT molecular complexity index is 536. The van der Waals surface area contributed by atoms with Crippen LogP contribution in [-0.4, -0.2) is 40.5 Å². The van der Waals surface area contributed by atoms with E-state index in [-0.39, 0.29) is 5.92 Å². The van der Waals surface area contributed by atoms with Crippen LogP contribution in [-0.2, 0) is 0 Å². The molecule has 0 saturated carbocycles. The third-order valence-corrected chi connectivity index (χ3v) is 3.32. The van der Waals surface area contributed by atoms with E-state index in [2.05, 4.69) is 39.5 Å². The van der Waals surface area contributed by atoms with Crippen LogP contribution in [0.5, 0.6) is 5.88 Å². The molecule has 7 heteroatoms. The highest BCUT2D eigenvalue weighted by atomic mass is 16.5. The third-order valence-electron chi connectivity index (χ3n) is 3.32. The van der Waals surface area contributed by atoms with Crippen LogP contribution in [0.4, 0.5) is 0 Å². The van der Waals surface area contributed by atoms with Gasteiger partial charge in [0.05, 0.1) is 13.0 Å². The molecule has 2 rings (SSSR count). The summed E-state index contributed by atoms with van der Waals surface area (Å²) in [5, 5.41) is 15.1. The van der Waals surface area contributed by atoms with Gasteiger partial charge in [0.25, 0.3) is 0 Å². The normalized spacial score (nSPS) is 14.0. The lowest BCUT2D eigenvalue weighted by atomic mass is 10.00. The summed E-state index contributed by atoms with van der Waals surface area (Å²) in [5.74, 6) is 1.62. The summed E-state index contributed by atoms with van der Waals surface area (Å²) < 4.78 is 10.3. The predicted octanol–water partition coefficient (Wildman–Crippen LogP) is 1.64. The largest absolute Gasteiger partial charge is 0.480 e. The van der Waals surface area contributed by atoms with E-state index in [9.17, 15) is 0 Å². The van der Waals surface area contributed by atoms with Crippen LogP contribution in [0, 0.1) is 0 Å². The van der Waals surface area contributed by atoms with Crippen LogP contribution < -0.4 is 10.1 Å². The molecule has 0 radical (unpaired) electrons. The summed E-state index contributed by atoms with van der Waals surface area (Å²) in [6.45, 7) is 4.17. The summed E-state index contributed by atoms with van der Waals surface area (Å²) in [4.78, 5) is 4.39. The maximum atomic E-state index is 5.32. The fraction of sp³-hybridized carbons (Fsp3) is 0.538. The van der Waals surface area contributed by atoms with Gasteiger partial charge in [0.2, 0.25) is 17.6 Å². The lowest BCUT2D eigenvalue weighted by molar-refractivity contribution is 0.326. The Morgan fingerprint density at radius 2 is 2.15 bits per heavy atom. The number of ether oxygens (including phenoxy) is 1. The first-order valence-electron chi connectivity index (χ1n) is 6.58.